The maximum atomic E-state index is 11.6. The predicted molar refractivity (Wildman–Crippen MR) is 80.3 cm³/mol. The second-order valence-electron chi connectivity index (χ2n) is 5.34. The summed E-state index contributed by atoms with van der Waals surface area (Å²) in [4.78, 5) is 12.2. The van der Waals surface area contributed by atoms with E-state index >= 15 is 0 Å². The highest BCUT2D eigenvalue weighted by Crippen LogP contribution is 2.31. The minimum Gasteiger partial charge on any atom is -0.346 e. The third-order valence-corrected chi connectivity index (χ3v) is 5.52. The zero-order valence-electron chi connectivity index (χ0n) is 11.3. The molecule has 0 spiro atoms. The van der Waals surface area contributed by atoms with Crippen LogP contribution < -0.4 is 0 Å². The summed E-state index contributed by atoms with van der Waals surface area (Å²) in [6.07, 6.45) is 5.68. The fraction of sp³-hybridized carbons (Fsp3) is 0.429. The van der Waals surface area contributed by atoms with E-state index in [0.717, 1.165) is 52.2 Å². The molecule has 5 nitrogen and oxygen atoms in total. The fourth-order valence-corrected chi connectivity index (χ4v) is 4.47. The number of imidazole rings is 1. The van der Waals surface area contributed by atoms with Crippen molar-refractivity contribution in [3.63, 3.8) is 0 Å². The van der Waals surface area contributed by atoms with Crippen molar-refractivity contribution in [2.75, 3.05) is 11.5 Å². The van der Waals surface area contributed by atoms with Crippen LogP contribution in [-0.2, 0) is 10.8 Å². The average Bonchev–Trinajstić information content (AvgIpc) is 3.02. The van der Waals surface area contributed by atoms with Crippen LogP contribution in [0.25, 0.3) is 22.1 Å². The Morgan fingerprint density at radius 2 is 2.20 bits per heavy atom. The summed E-state index contributed by atoms with van der Waals surface area (Å²) in [7, 11) is -0.634. The van der Waals surface area contributed by atoms with E-state index < -0.39 is 10.8 Å². The number of rotatable bonds is 1. The largest absolute Gasteiger partial charge is 0.346 e. The Hall–Kier alpha value is -1.69. The molecule has 1 aliphatic rings. The van der Waals surface area contributed by atoms with E-state index in [-0.39, 0.29) is 0 Å². The highest BCUT2D eigenvalue weighted by Gasteiger charge is 2.23. The summed E-state index contributed by atoms with van der Waals surface area (Å²) >= 11 is 0. The van der Waals surface area contributed by atoms with E-state index in [2.05, 4.69) is 25.6 Å². The van der Waals surface area contributed by atoms with Gasteiger partial charge in [-0.2, -0.15) is 0 Å². The minimum atomic E-state index is -0.634. The molecule has 3 aromatic heterocycles. The van der Waals surface area contributed by atoms with Crippen LogP contribution in [0.3, 0.4) is 0 Å². The van der Waals surface area contributed by atoms with Crippen LogP contribution in [0.5, 0.6) is 0 Å². The van der Waals surface area contributed by atoms with Crippen molar-refractivity contribution in [1.29, 1.82) is 0 Å². The van der Waals surface area contributed by atoms with Gasteiger partial charge >= 0.3 is 0 Å². The Kier molecular flexibility index (Phi) is 2.66. The minimum absolute atomic E-state index is 0.401. The number of aromatic nitrogens is 4. The molecule has 4 heterocycles. The molecule has 3 aromatic rings. The second kappa shape index (κ2) is 4.41. The van der Waals surface area contributed by atoms with Crippen molar-refractivity contribution < 1.29 is 4.21 Å². The van der Waals surface area contributed by atoms with Gasteiger partial charge in [-0.25, -0.2) is 9.97 Å². The van der Waals surface area contributed by atoms with Crippen LogP contribution in [0.1, 0.15) is 24.7 Å². The number of H-pyrrole nitrogens is 1. The SMILES string of the molecule is Cc1nc2cnc3[nH]ccc3c2n1C1CCS(=O)CC1. The van der Waals surface area contributed by atoms with Gasteiger partial charge in [-0.15, -0.1) is 0 Å². The first-order chi connectivity index (χ1) is 9.74. The van der Waals surface area contributed by atoms with Gasteiger partial charge in [0.05, 0.1) is 11.7 Å². The Morgan fingerprint density at radius 3 is 3.00 bits per heavy atom. The predicted octanol–water partition coefficient (Wildman–Crippen LogP) is 2.30. The molecule has 0 aliphatic carbocycles. The molecule has 0 amide bonds. The number of fused-ring (bicyclic) bond motifs is 3. The molecule has 4 rings (SSSR count). The molecule has 0 bridgehead atoms. The van der Waals surface area contributed by atoms with Crippen LogP contribution >= 0.6 is 0 Å². The smallest absolute Gasteiger partial charge is 0.139 e. The third-order valence-electron chi connectivity index (χ3n) is 4.13. The molecule has 0 radical (unpaired) electrons. The van der Waals surface area contributed by atoms with Crippen LogP contribution in [0.15, 0.2) is 18.5 Å². The molecule has 104 valence electrons. The van der Waals surface area contributed by atoms with E-state index in [1.807, 2.05) is 19.3 Å². The number of nitrogens with one attached hydrogen (secondary N) is 1. The standard InChI is InChI=1S/C14H16N4OS/c1-9-17-12-8-16-14-11(2-5-15-14)13(12)18(9)10-3-6-20(19)7-4-10/h2,5,8,10H,3-4,6-7H2,1H3,(H,15,16). The number of aromatic amines is 1. The van der Waals surface area contributed by atoms with E-state index in [4.69, 9.17) is 0 Å². The molecule has 20 heavy (non-hydrogen) atoms. The summed E-state index contributed by atoms with van der Waals surface area (Å²) in [6.45, 7) is 2.05. The van der Waals surface area contributed by atoms with Gasteiger partial charge in [-0.3, -0.25) is 4.21 Å². The first-order valence-corrected chi connectivity index (χ1v) is 8.38. The monoisotopic (exact) mass is 288 g/mol. The van der Waals surface area contributed by atoms with Gasteiger partial charge in [0.2, 0.25) is 0 Å². The van der Waals surface area contributed by atoms with E-state index in [0.29, 0.717) is 6.04 Å². The lowest BCUT2D eigenvalue weighted by Gasteiger charge is -2.24. The quantitative estimate of drug-likeness (QED) is 0.747. The normalized spacial score (nSPS) is 23.6. The van der Waals surface area contributed by atoms with Gasteiger partial charge in [0.15, 0.2) is 0 Å². The van der Waals surface area contributed by atoms with Crippen molar-refractivity contribution in [3.8, 4) is 0 Å². The zero-order chi connectivity index (χ0) is 13.7. The fourth-order valence-electron chi connectivity index (χ4n) is 3.19. The summed E-state index contributed by atoms with van der Waals surface area (Å²) in [5, 5.41) is 1.12. The molecular formula is C14H16N4OS. The lowest BCUT2D eigenvalue weighted by molar-refractivity contribution is 0.464. The van der Waals surface area contributed by atoms with E-state index in [1.54, 1.807) is 0 Å². The van der Waals surface area contributed by atoms with Gasteiger partial charge < -0.3 is 9.55 Å². The van der Waals surface area contributed by atoms with Gasteiger partial charge in [0, 0.05) is 39.9 Å². The molecule has 1 fully saturated rings. The molecule has 0 aromatic carbocycles. The van der Waals surface area contributed by atoms with Gasteiger partial charge in [0.1, 0.15) is 17.0 Å². The Balaban J connectivity index is 1.95. The van der Waals surface area contributed by atoms with Gasteiger partial charge in [-0.05, 0) is 25.8 Å². The first kappa shape index (κ1) is 12.1. The first-order valence-electron chi connectivity index (χ1n) is 6.89. The lowest BCUT2D eigenvalue weighted by atomic mass is 10.1. The van der Waals surface area contributed by atoms with Crippen molar-refractivity contribution in [3.05, 3.63) is 24.3 Å². The molecule has 0 saturated carbocycles. The van der Waals surface area contributed by atoms with E-state index in [1.165, 1.54) is 0 Å². The van der Waals surface area contributed by atoms with Crippen LogP contribution in [0.4, 0.5) is 0 Å². The average molecular weight is 288 g/mol. The van der Waals surface area contributed by atoms with Crippen molar-refractivity contribution in [2.45, 2.75) is 25.8 Å². The summed E-state index contributed by atoms with van der Waals surface area (Å²) < 4.78 is 13.9. The molecule has 0 atom stereocenters. The summed E-state index contributed by atoms with van der Waals surface area (Å²) in [6, 6.07) is 2.46. The lowest BCUT2D eigenvalue weighted by Crippen LogP contribution is -2.22. The Morgan fingerprint density at radius 1 is 1.40 bits per heavy atom. The highest BCUT2D eigenvalue weighted by molar-refractivity contribution is 7.85. The number of aryl methyl sites for hydroxylation is 1. The summed E-state index contributed by atoms with van der Waals surface area (Å²) in [5.74, 6) is 2.62. The third kappa shape index (κ3) is 1.71. The molecular weight excluding hydrogens is 272 g/mol. The van der Waals surface area contributed by atoms with Gasteiger partial charge in [0.25, 0.3) is 0 Å². The maximum Gasteiger partial charge on any atom is 0.139 e. The van der Waals surface area contributed by atoms with Crippen molar-refractivity contribution in [2.24, 2.45) is 0 Å². The van der Waals surface area contributed by atoms with Crippen molar-refractivity contribution in [1.82, 2.24) is 19.5 Å². The number of hydrogen-bond donors (Lipinski definition) is 1. The molecule has 0 unspecified atom stereocenters. The topological polar surface area (TPSA) is 63.6 Å². The number of pyridine rings is 1. The molecule has 1 saturated heterocycles. The molecule has 6 heteroatoms. The molecule has 1 N–H and O–H groups in total. The maximum absolute atomic E-state index is 11.6. The van der Waals surface area contributed by atoms with E-state index in [9.17, 15) is 4.21 Å². The number of hydrogen-bond acceptors (Lipinski definition) is 3. The Labute approximate surface area is 118 Å². The van der Waals surface area contributed by atoms with Crippen molar-refractivity contribution >= 4 is 32.9 Å². The van der Waals surface area contributed by atoms with Crippen LogP contribution in [0.2, 0.25) is 0 Å². The second-order valence-corrected chi connectivity index (χ2v) is 7.04. The highest BCUT2D eigenvalue weighted by atomic mass is 32.2. The summed E-state index contributed by atoms with van der Waals surface area (Å²) in [5.41, 5.74) is 3.01. The van der Waals surface area contributed by atoms with Crippen LogP contribution in [0, 0.1) is 6.92 Å². The molecule has 1 aliphatic heterocycles. The zero-order valence-corrected chi connectivity index (χ0v) is 12.1. The van der Waals surface area contributed by atoms with Crippen LogP contribution in [-0.4, -0.2) is 35.2 Å². The van der Waals surface area contributed by atoms with Gasteiger partial charge in [-0.1, -0.05) is 0 Å². The number of nitrogens with zero attached hydrogens (tertiary/aromatic N) is 3. The Bertz CT molecular complexity index is 809.